The number of ether oxygens (including phenoxy) is 1. The molecule has 7 aliphatic rings. The van der Waals surface area contributed by atoms with Gasteiger partial charge in [-0.3, -0.25) is 4.79 Å². The fraction of sp³-hybridized carbons (Fsp3) is 0.963. The average Bonchev–Trinajstić information content (AvgIpc) is 2.61. The van der Waals surface area contributed by atoms with Gasteiger partial charge in [0.05, 0.1) is 5.92 Å². The van der Waals surface area contributed by atoms with Gasteiger partial charge in [0, 0.05) is 5.41 Å². The van der Waals surface area contributed by atoms with Crippen molar-refractivity contribution in [2.45, 2.75) is 99.0 Å². The summed E-state index contributed by atoms with van der Waals surface area (Å²) in [4.78, 5) is 13.6. The second-order valence-corrected chi connectivity index (χ2v) is 13.8. The fourth-order valence-corrected chi connectivity index (χ4v) is 9.79. The maximum Gasteiger partial charge on any atom is 0.310 e. The molecule has 0 radical (unpaired) electrons. The van der Waals surface area contributed by atoms with Crippen LogP contribution >= 0.6 is 0 Å². The molecule has 7 rings (SSSR count). The van der Waals surface area contributed by atoms with E-state index in [9.17, 15) is 4.79 Å². The first kappa shape index (κ1) is 20.4. The summed E-state index contributed by atoms with van der Waals surface area (Å²) in [7, 11) is 0. The van der Waals surface area contributed by atoms with Crippen molar-refractivity contribution in [2.75, 3.05) is 0 Å². The van der Waals surface area contributed by atoms with Crippen LogP contribution in [0.1, 0.15) is 93.4 Å². The van der Waals surface area contributed by atoms with Crippen LogP contribution in [0.25, 0.3) is 0 Å². The lowest BCUT2D eigenvalue weighted by Crippen LogP contribution is -2.73. The van der Waals surface area contributed by atoms with Crippen LogP contribution in [0.4, 0.5) is 0 Å². The van der Waals surface area contributed by atoms with Gasteiger partial charge in [-0.05, 0) is 112 Å². The first-order valence-electron chi connectivity index (χ1n) is 12.7. The Morgan fingerprint density at radius 2 is 1.45 bits per heavy atom. The molecule has 0 heterocycles. The Morgan fingerprint density at radius 1 is 0.897 bits per heavy atom. The van der Waals surface area contributed by atoms with Crippen LogP contribution in [0.5, 0.6) is 0 Å². The number of rotatable bonds is 5. The topological polar surface area (TPSA) is 26.3 Å². The van der Waals surface area contributed by atoms with E-state index in [1.54, 1.807) is 0 Å². The van der Waals surface area contributed by atoms with Gasteiger partial charge in [-0.15, -0.1) is 0 Å². The van der Waals surface area contributed by atoms with Crippen LogP contribution < -0.4 is 0 Å². The van der Waals surface area contributed by atoms with E-state index in [1.165, 1.54) is 38.5 Å². The molecule has 164 valence electrons. The zero-order valence-electron chi connectivity index (χ0n) is 20.0. The monoisotopic (exact) mass is 400 g/mol. The quantitative estimate of drug-likeness (QED) is 0.478. The third kappa shape index (κ3) is 2.75. The third-order valence-corrected chi connectivity index (χ3v) is 10.6. The predicted molar refractivity (Wildman–Crippen MR) is 117 cm³/mol. The summed E-state index contributed by atoms with van der Waals surface area (Å²) in [5.74, 6) is 6.98. The number of esters is 1. The van der Waals surface area contributed by atoms with Crippen LogP contribution in [0, 0.1) is 64.1 Å². The highest BCUT2D eigenvalue weighted by atomic mass is 16.6. The van der Waals surface area contributed by atoms with Gasteiger partial charge in [0.2, 0.25) is 0 Å². The molecule has 0 aromatic heterocycles. The number of hydrogen-bond donors (Lipinski definition) is 0. The minimum atomic E-state index is -0.331. The Kier molecular flexibility index (Phi) is 4.40. The molecule has 5 unspecified atom stereocenters. The van der Waals surface area contributed by atoms with Crippen LogP contribution in [0.3, 0.4) is 0 Å². The standard InChI is InChI=1S/C27H44O2/c1-15(2)8-23(25(3,4)5)24(28)29-26(6,7)27-14-17-10-19-18-9-16(12-21(19)27)13-22(27)20(18)11-17/h15-23H,8-14H2,1-7H3. The van der Waals surface area contributed by atoms with Crippen LogP contribution in [0.15, 0.2) is 0 Å². The Hall–Kier alpha value is -0.530. The lowest BCUT2D eigenvalue weighted by molar-refractivity contribution is -0.309. The molecule has 29 heavy (non-hydrogen) atoms. The summed E-state index contributed by atoms with van der Waals surface area (Å²) in [6.45, 7) is 15.7. The van der Waals surface area contributed by atoms with Gasteiger partial charge in [-0.25, -0.2) is 0 Å². The molecular weight excluding hydrogens is 356 g/mol. The van der Waals surface area contributed by atoms with E-state index in [0.29, 0.717) is 5.92 Å². The molecular formula is C27H44O2. The van der Waals surface area contributed by atoms with Crippen LogP contribution in [0.2, 0.25) is 0 Å². The van der Waals surface area contributed by atoms with Gasteiger partial charge in [0.1, 0.15) is 5.60 Å². The van der Waals surface area contributed by atoms with Gasteiger partial charge in [-0.1, -0.05) is 34.6 Å². The molecule has 0 aromatic rings. The molecule has 5 atom stereocenters. The van der Waals surface area contributed by atoms with E-state index in [0.717, 1.165) is 47.8 Å². The van der Waals surface area contributed by atoms with Gasteiger partial charge in [0.25, 0.3) is 0 Å². The molecule has 7 aliphatic carbocycles. The minimum absolute atomic E-state index is 0.0102. The summed E-state index contributed by atoms with van der Waals surface area (Å²) >= 11 is 0. The highest BCUT2D eigenvalue weighted by molar-refractivity contribution is 5.74. The van der Waals surface area contributed by atoms with Crippen LogP contribution in [-0.4, -0.2) is 11.6 Å². The fourth-order valence-electron chi connectivity index (χ4n) is 9.79. The van der Waals surface area contributed by atoms with Gasteiger partial charge in [-0.2, -0.15) is 0 Å². The summed E-state index contributed by atoms with van der Waals surface area (Å²) < 4.78 is 6.66. The number of carbonyl (C=O) groups excluding carboxylic acids is 1. The van der Waals surface area contributed by atoms with Gasteiger partial charge >= 0.3 is 5.97 Å². The highest BCUT2D eigenvalue weighted by Crippen LogP contribution is 2.78. The van der Waals surface area contributed by atoms with E-state index < -0.39 is 0 Å². The van der Waals surface area contributed by atoms with E-state index >= 15 is 0 Å². The highest BCUT2D eigenvalue weighted by Gasteiger charge is 2.74. The van der Waals surface area contributed by atoms with Crippen molar-refractivity contribution in [2.24, 2.45) is 64.1 Å². The van der Waals surface area contributed by atoms with Crippen molar-refractivity contribution in [3.8, 4) is 0 Å². The largest absolute Gasteiger partial charge is 0.459 e. The maximum atomic E-state index is 13.6. The normalized spacial score (nSPS) is 45.9. The summed E-state index contributed by atoms with van der Waals surface area (Å²) in [5.41, 5.74) is -0.119. The van der Waals surface area contributed by atoms with E-state index in [4.69, 9.17) is 4.74 Å². The summed E-state index contributed by atoms with van der Waals surface area (Å²) in [6.07, 6.45) is 9.59. The van der Waals surface area contributed by atoms with Crippen molar-refractivity contribution in [3.63, 3.8) is 0 Å². The molecule has 0 aromatic carbocycles. The summed E-state index contributed by atoms with van der Waals surface area (Å²) in [6, 6.07) is 0. The maximum absolute atomic E-state index is 13.6. The minimum Gasteiger partial charge on any atom is -0.459 e. The lowest BCUT2D eigenvalue weighted by Gasteiger charge is -2.77. The second-order valence-electron chi connectivity index (χ2n) is 13.8. The molecule has 0 N–H and O–H groups in total. The zero-order valence-corrected chi connectivity index (χ0v) is 20.0. The molecule has 7 fully saturated rings. The Bertz CT molecular complexity index is 659. The predicted octanol–water partition coefficient (Wildman–Crippen LogP) is 6.73. The molecule has 7 saturated carbocycles. The smallest absolute Gasteiger partial charge is 0.310 e. The average molecular weight is 401 g/mol. The SMILES string of the molecule is CC(C)CC(C(=O)OC(C)(C)C12CC3CC4C5CC(CC41)CC2C5C3)C(C)(C)C. The van der Waals surface area contributed by atoms with Crippen LogP contribution in [-0.2, 0) is 9.53 Å². The van der Waals surface area contributed by atoms with Gasteiger partial charge < -0.3 is 4.74 Å². The summed E-state index contributed by atoms with van der Waals surface area (Å²) in [5, 5.41) is 0. The molecule has 0 aliphatic heterocycles. The Balaban J connectivity index is 1.46. The third-order valence-electron chi connectivity index (χ3n) is 10.6. The number of carbonyl (C=O) groups is 1. The molecule has 2 heteroatoms. The van der Waals surface area contributed by atoms with Gasteiger partial charge in [0.15, 0.2) is 0 Å². The zero-order chi connectivity index (χ0) is 20.9. The van der Waals surface area contributed by atoms with E-state index in [2.05, 4.69) is 48.5 Å². The number of hydrogen-bond acceptors (Lipinski definition) is 2. The van der Waals surface area contributed by atoms with Crippen molar-refractivity contribution in [3.05, 3.63) is 0 Å². The second kappa shape index (κ2) is 6.26. The van der Waals surface area contributed by atoms with E-state index in [-0.39, 0.29) is 28.3 Å². The lowest BCUT2D eigenvalue weighted by atomic mass is 9.28. The molecule has 0 saturated heterocycles. The Morgan fingerprint density at radius 3 is 1.97 bits per heavy atom. The van der Waals surface area contributed by atoms with Crippen molar-refractivity contribution >= 4 is 5.97 Å². The first-order chi connectivity index (χ1) is 13.4. The molecule has 2 nitrogen and oxygen atoms in total. The Labute approximate surface area is 178 Å². The molecule has 8 bridgehead atoms. The van der Waals surface area contributed by atoms with Crippen molar-refractivity contribution in [1.29, 1.82) is 0 Å². The van der Waals surface area contributed by atoms with Crippen molar-refractivity contribution in [1.82, 2.24) is 0 Å². The molecule has 0 amide bonds. The first-order valence-corrected chi connectivity index (χ1v) is 12.7. The molecule has 0 spiro atoms. The van der Waals surface area contributed by atoms with Crippen molar-refractivity contribution < 1.29 is 9.53 Å². The van der Waals surface area contributed by atoms with E-state index in [1.807, 2.05) is 0 Å².